The number of aromatic nitrogens is 2. The Morgan fingerprint density at radius 3 is 2.80 bits per heavy atom. The van der Waals surface area contributed by atoms with Crippen LogP contribution in [0.15, 0.2) is 24.3 Å². The van der Waals surface area contributed by atoms with Crippen LogP contribution < -0.4 is 0 Å². The van der Waals surface area contributed by atoms with E-state index >= 15 is 0 Å². The van der Waals surface area contributed by atoms with Gasteiger partial charge in [-0.3, -0.25) is 4.68 Å². The average molecular weight is 294 g/mol. The smallest absolute Gasteiger partial charge is 0.153 e. The Kier molecular flexibility index (Phi) is 3.10. The average Bonchev–Trinajstić information content (AvgIpc) is 2.88. The second-order valence-electron chi connectivity index (χ2n) is 5.52. The quantitative estimate of drug-likeness (QED) is 0.921. The Hall–Kier alpha value is -1.40. The lowest BCUT2D eigenvalue weighted by Gasteiger charge is -2.19. The maximum Gasteiger partial charge on any atom is 0.153 e. The molecular formula is C14H18N2O3S. The van der Waals surface area contributed by atoms with E-state index in [0.29, 0.717) is 12.8 Å². The van der Waals surface area contributed by atoms with E-state index in [9.17, 15) is 13.5 Å². The molecule has 1 atom stereocenters. The van der Waals surface area contributed by atoms with Gasteiger partial charge in [0.25, 0.3) is 0 Å². The highest BCUT2D eigenvalue weighted by Crippen LogP contribution is 2.29. The second kappa shape index (κ2) is 4.56. The van der Waals surface area contributed by atoms with E-state index in [1.165, 1.54) is 0 Å². The molecule has 1 saturated heterocycles. The molecule has 0 amide bonds. The molecule has 1 fully saturated rings. The lowest BCUT2D eigenvalue weighted by Crippen LogP contribution is -2.33. The van der Waals surface area contributed by atoms with Crippen LogP contribution in [0.1, 0.15) is 19.0 Å². The van der Waals surface area contributed by atoms with Crippen molar-refractivity contribution in [3.63, 3.8) is 0 Å². The number of sulfone groups is 1. The first-order valence-electron chi connectivity index (χ1n) is 6.80. The Bertz CT molecular complexity index is 751. The molecule has 2 aromatic rings. The molecule has 1 aromatic carbocycles. The van der Waals surface area contributed by atoms with Gasteiger partial charge in [-0.1, -0.05) is 18.2 Å². The number of benzene rings is 1. The monoisotopic (exact) mass is 294 g/mol. The van der Waals surface area contributed by atoms with Crippen molar-refractivity contribution in [3.8, 4) is 0 Å². The molecule has 1 unspecified atom stereocenters. The van der Waals surface area contributed by atoms with E-state index in [1.807, 2.05) is 35.9 Å². The van der Waals surface area contributed by atoms with Crippen LogP contribution in [0.2, 0.25) is 0 Å². The fourth-order valence-electron chi connectivity index (χ4n) is 2.92. The normalized spacial score (nSPS) is 25.3. The van der Waals surface area contributed by atoms with E-state index in [0.717, 1.165) is 23.1 Å². The van der Waals surface area contributed by atoms with Crippen molar-refractivity contribution in [2.24, 2.45) is 0 Å². The summed E-state index contributed by atoms with van der Waals surface area (Å²) in [5.74, 6) is -0.0940. The molecule has 1 N–H and O–H groups in total. The molecule has 3 rings (SSSR count). The van der Waals surface area contributed by atoms with Crippen LogP contribution in [0.5, 0.6) is 0 Å². The van der Waals surface area contributed by atoms with E-state index in [2.05, 4.69) is 5.10 Å². The van der Waals surface area contributed by atoms with Crippen molar-refractivity contribution in [1.29, 1.82) is 0 Å². The molecule has 108 valence electrons. The number of hydrogen-bond acceptors (Lipinski definition) is 4. The molecule has 1 aliphatic heterocycles. The minimum absolute atomic E-state index is 0.0654. The predicted octanol–water partition coefficient (Wildman–Crippen LogP) is 1.15. The van der Waals surface area contributed by atoms with Gasteiger partial charge < -0.3 is 5.11 Å². The highest BCUT2D eigenvalue weighted by Gasteiger charge is 2.41. The molecule has 1 aliphatic rings. The zero-order valence-corrected chi connectivity index (χ0v) is 12.2. The number of fused-ring (bicyclic) bond motifs is 1. The van der Waals surface area contributed by atoms with Crippen molar-refractivity contribution in [3.05, 3.63) is 30.0 Å². The summed E-state index contributed by atoms with van der Waals surface area (Å²) in [5, 5.41) is 16.0. The molecule has 0 spiro atoms. The third-order valence-electron chi connectivity index (χ3n) is 3.90. The molecule has 1 aromatic heterocycles. The molecule has 2 heterocycles. The standard InChI is InChI=1S/C14H18N2O3S/c1-2-16-13-6-4-3-5-11(13)12(15-16)9-14(17)7-8-20(18,19)10-14/h3-6,17H,2,7-10H2,1H3. The van der Waals surface area contributed by atoms with Crippen LogP contribution in [-0.2, 0) is 22.8 Å². The van der Waals surface area contributed by atoms with Gasteiger partial charge >= 0.3 is 0 Å². The van der Waals surface area contributed by atoms with E-state index in [-0.39, 0.29) is 11.5 Å². The summed E-state index contributed by atoms with van der Waals surface area (Å²) in [6, 6.07) is 7.85. The molecule has 6 heteroatoms. The van der Waals surface area contributed by atoms with Gasteiger partial charge in [0.05, 0.1) is 28.3 Å². The van der Waals surface area contributed by atoms with Gasteiger partial charge in [-0.05, 0) is 19.4 Å². The van der Waals surface area contributed by atoms with Crippen LogP contribution in [0.25, 0.3) is 10.9 Å². The van der Waals surface area contributed by atoms with Gasteiger partial charge in [-0.25, -0.2) is 8.42 Å². The number of aryl methyl sites for hydroxylation is 1. The highest BCUT2D eigenvalue weighted by molar-refractivity contribution is 7.91. The predicted molar refractivity (Wildman–Crippen MR) is 77.3 cm³/mol. The topological polar surface area (TPSA) is 72.2 Å². The van der Waals surface area contributed by atoms with Crippen LogP contribution in [0, 0.1) is 0 Å². The summed E-state index contributed by atoms with van der Waals surface area (Å²) in [6.45, 7) is 2.76. The Labute approximate surface area is 118 Å². The van der Waals surface area contributed by atoms with Gasteiger partial charge in [0, 0.05) is 18.4 Å². The number of hydrogen-bond donors (Lipinski definition) is 1. The van der Waals surface area contributed by atoms with Gasteiger partial charge in [0.2, 0.25) is 0 Å². The summed E-state index contributed by atoms with van der Waals surface area (Å²) in [7, 11) is -3.11. The minimum atomic E-state index is -3.11. The number of nitrogens with zero attached hydrogens (tertiary/aromatic N) is 2. The zero-order valence-electron chi connectivity index (χ0n) is 11.4. The van der Waals surface area contributed by atoms with Crippen LogP contribution in [0.4, 0.5) is 0 Å². The minimum Gasteiger partial charge on any atom is -0.388 e. The van der Waals surface area contributed by atoms with Crippen LogP contribution >= 0.6 is 0 Å². The maximum atomic E-state index is 11.6. The number of aliphatic hydroxyl groups is 1. The Morgan fingerprint density at radius 2 is 2.15 bits per heavy atom. The lowest BCUT2D eigenvalue weighted by molar-refractivity contribution is 0.0673. The van der Waals surface area contributed by atoms with Gasteiger partial charge in [0.1, 0.15) is 0 Å². The fraction of sp³-hybridized carbons (Fsp3) is 0.500. The molecule has 0 saturated carbocycles. The molecular weight excluding hydrogens is 276 g/mol. The van der Waals surface area contributed by atoms with Gasteiger partial charge in [0.15, 0.2) is 9.84 Å². The first kappa shape index (κ1) is 13.6. The number of para-hydroxylation sites is 1. The zero-order chi connectivity index (χ0) is 14.4. The van der Waals surface area contributed by atoms with Crippen molar-refractivity contribution < 1.29 is 13.5 Å². The number of rotatable bonds is 3. The fourth-order valence-corrected chi connectivity index (χ4v) is 4.82. The third-order valence-corrected chi connectivity index (χ3v) is 5.70. The molecule has 0 bridgehead atoms. The highest BCUT2D eigenvalue weighted by atomic mass is 32.2. The van der Waals surface area contributed by atoms with Crippen molar-refractivity contribution in [2.45, 2.75) is 31.9 Å². The maximum absolute atomic E-state index is 11.6. The van der Waals surface area contributed by atoms with E-state index in [1.54, 1.807) is 0 Å². The summed E-state index contributed by atoms with van der Waals surface area (Å²) in [4.78, 5) is 0. The van der Waals surface area contributed by atoms with Crippen molar-refractivity contribution >= 4 is 20.7 Å². The third kappa shape index (κ3) is 2.33. The molecule has 20 heavy (non-hydrogen) atoms. The lowest BCUT2D eigenvalue weighted by atomic mass is 9.96. The van der Waals surface area contributed by atoms with Crippen molar-refractivity contribution in [2.75, 3.05) is 11.5 Å². The first-order chi connectivity index (χ1) is 9.42. The Morgan fingerprint density at radius 1 is 1.40 bits per heavy atom. The van der Waals surface area contributed by atoms with Crippen LogP contribution in [0.3, 0.4) is 0 Å². The van der Waals surface area contributed by atoms with Gasteiger partial charge in [-0.15, -0.1) is 0 Å². The Balaban J connectivity index is 2.00. The summed E-state index contributed by atoms with van der Waals surface area (Å²) >= 11 is 0. The summed E-state index contributed by atoms with van der Waals surface area (Å²) < 4.78 is 25.0. The first-order valence-corrected chi connectivity index (χ1v) is 8.62. The summed E-state index contributed by atoms with van der Waals surface area (Å²) in [5.41, 5.74) is 0.630. The molecule has 0 radical (unpaired) electrons. The largest absolute Gasteiger partial charge is 0.388 e. The molecule has 5 nitrogen and oxygen atoms in total. The van der Waals surface area contributed by atoms with E-state index in [4.69, 9.17) is 0 Å². The SMILES string of the molecule is CCn1nc(CC2(O)CCS(=O)(=O)C2)c2ccccc21. The van der Waals surface area contributed by atoms with Gasteiger partial charge in [-0.2, -0.15) is 5.10 Å². The second-order valence-corrected chi connectivity index (χ2v) is 7.71. The van der Waals surface area contributed by atoms with Crippen LogP contribution in [-0.4, -0.2) is 40.4 Å². The molecule has 0 aliphatic carbocycles. The summed E-state index contributed by atoms with van der Waals surface area (Å²) in [6.07, 6.45) is 0.586. The van der Waals surface area contributed by atoms with E-state index < -0.39 is 15.4 Å². The van der Waals surface area contributed by atoms with Crippen molar-refractivity contribution in [1.82, 2.24) is 9.78 Å².